The third kappa shape index (κ3) is 3.92. The van der Waals surface area contributed by atoms with Gasteiger partial charge in [0, 0.05) is 16.7 Å². The maximum atomic E-state index is 15.0. The van der Waals surface area contributed by atoms with Gasteiger partial charge in [-0.1, -0.05) is 44.1 Å². The Balaban J connectivity index is 1.52. The number of halogens is 6. The molecule has 4 rings (SSSR count). The van der Waals surface area contributed by atoms with Crippen LogP contribution >= 0.6 is 0 Å². The van der Waals surface area contributed by atoms with E-state index in [-0.39, 0.29) is 11.5 Å². The van der Waals surface area contributed by atoms with Crippen molar-refractivity contribution >= 4 is 5.57 Å². The van der Waals surface area contributed by atoms with Crippen LogP contribution in [0.25, 0.3) is 5.57 Å². The van der Waals surface area contributed by atoms with Crippen molar-refractivity contribution in [2.24, 2.45) is 17.8 Å². The van der Waals surface area contributed by atoms with Gasteiger partial charge in [0.2, 0.25) is 0 Å². The molecule has 0 spiro atoms. The van der Waals surface area contributed by atoms with E-state index < -0.39 is 40.2 Å². The van der Waals surface area contributed by atoms with E-state index in [2.05, 4.69) is 6.92 Å². The fourth-order valence-electron chi connectivity index (χ4n) is 5.84. The number of benzene rings is 1. The minimum atomic E-state index is -4.61. The summed E-state index contributed by atoms with van der Waals surface area (Å²) in [5.74, 6) is -9.82. The van der Waals surface area contributed by atoms with E-state index in [0.29, 0.717) is 11.8 Å². The molecule has 0 unspecified atom stereocenters. The van der Waals surface area contributed by atoms with E-state index in [1.807, 2.05) is 0 Å². The monoisotopic (exact) mass is 456 g/mol. The molecule has 0 atom stereocenters. The number of rotatable bonds is 3. The average Bonchev–Trinajstić information content (AvgIpc) is 2.76. The lowest BCUT2D eigenvalue weighted by atomic mass is 9.68. The summed E-state index contributed by atoms with van der Waals surface area (Å²) in [7, 11) is 0. The van der Waals surface area contributed by atoms with Crippen LogP contribution in [0.3, 0.4) is 0 Å². The summed E-state index contributed by atoms with van der Waals surface area (Å²) in [4.78, 5) is 0. The molecular formula is C26H30F6. The summed E-state index contributed by atoms with van der Waals surface area (Å²) < 4.78 is 86.8. The standard InChI is InChI=1S/C26H30F6/c1-15-3-6-17(7-4-15)18-8-10-19(11-9-18)20-12-13-21(24(28)23(20)27)22-14-5-16(2)25(29,30)26(22,31)32/h5,12-15,17-19H,3-4,6-11H2,1-2H3. The third-order valence-corrected chi connectivity index (χ3v) is 8.07. The maximum Gasteiger partial charge on any atom is 0.340 e. The zero-order valence-electron chi connectivity index (χ0n) is 18.5. The van der Waals surface area contributed by atoms with Gasteiger partial charge in [-0.3, -0.25) is 0 Å². The summed E-state index contributed by atoms with van der Waals surface area (Å²) in [5, 5.41) is 0. The molecule has 1 aromatic rings. The van der Waals surface area contributed by atoms with Crippen LogP contribution < -0.4 is 0 Å². The second-order valence-electron chi connectivity index (χ2n) is 10.0. The Morgan fingerprint density at radius 2 is 1.28 bits per heavy atom. The Bertz CT molecular complexity index is 912. The highest BCUT2D eigenvalue weighted by Crippen LogP contribution is 2.51. The second-order valence-corrected chi connectivity index (χ2v) is 10.0. The number of hydrogen-bond donors (Lipinski definition) is 0. The maximum absolute atomic E-state index is 15.0. The topological polar surface area (TPSA) is 0 Å². The SMILES string of the molecule is CC1=CC=C(c2ccc(C3CCC(C4CCC(C)CC4)CC3)c(F)c2F)C(F)(F)C1(F)F. The summed E-state index contributed by atoms with van der Waals surface area (Å²) in [6.45, 7) is 3.18. The molecule has 2 fully saturated rings. The highest BCUT2D eigenvalue weighted by Gasteiger charge is 2.61. The predicted octanol–water partition coefficient (Wildman–Crippen LogP) is 8.68. The van der Waals surface area contributed by atoms with Crippen molar-refractivity contribution in [1.82, 2.24) is 0 Å². The van der Waals surface area contributed by atoms with Crippen LogP contribution in [-0.4, -0.2) is 11.8 Å². The Hall–Kier alpha value is -1.72. The number of alkyl halides is 4. The van der Waals surface area contributed by atoms with Gasteiger partial charge in [-0.2, -0.15) is 17.6 Å². The first-order chi connectivity index (χ1) is 15.0. The van der Waals surface area contributed by atoms with E-state index in [0.717, 1.165) is 56.7 Å². The quantitative estimate of drug-likeness (QED) is 0.399. The van der Waals surface area contributed by atoms with Crippen LogP contribution in [0.1, 0.15) is 82.3 Å². The lowest BCUT2D eigenvalue weighted by Crippen LogP contribution is -2.44. The Labute approximate surface area is 185 Å². The smallest absolute Gasteiger partial charge is 0.203 e. The second kappa shape index (κ2) is 8.57. The molecule has 0 saturated heterocycles. The molecule has 176 valence electrons. The van der Waals surface area contributed by atoms with E-state index >= 15 is 0 Å². The normalized spacial score (nSPS) is 32.2. The molecule has 0 aromatic heterocycles. The third-order valence-electron chi connectivity index (χ3n) is 8.07. The minimum Gasteiger partial charge on any atom is -0.203 e. The Morgan fingerprint density at radius 1 is 0.719 bits per heavy atom. The molecule has 0 heterocycles. The van der Waals surface area contributed by atoms with Crippen LogP contribution in [0.4, 0.5) is 26.3 Å². The number of allylic oxidation sites excluding steroid dienone is 4. The van der Waals surface area contributed by atoms with Crippen molar-refractivity contribution < 1.29 is 26.3 Å². The van der Waals surface area contributed by atoms with Crippen molar-refractivity contribution in [2.45, 2.75) is 83.0 Å². The van der Waals surface area contributed by atoms with Crippen LogP contribution in [-0.2, 0) is 0 Å². The van der Waals surface area contributed by atoms with Gasteiger partial charge in [-0.15, -0.1) is 0 Å². The first-order valence-corrected chi connectivity index (χ1v) is 11.7. The van der Waals surface area contributed by atoms with Crippen molar-refractivity contribution in [3.63, 3.8) is 0 Å². The van der Waals surface area contributed by atoms with Crippen LogP contribution in [0.15, 0.2) is 29.9 Å². The van der Waals surface area contributed by atoms with Crippen molar-refractivity contribution in [3.8, 4) is 0 Å². The molecule has 0 nitrogen and oxygen atoms in total. The fraction of sp³-hybridized carbons (Fsp3) is 0.615. The molecule has 0 aliphatic heterocycles. The molecule has 1 aromatic carbocycles. The Kier molecular flexibility index (Phi) is 6.28. The van der Waals surface area contributed by atoms with Gasteiger partial charge in [0.15, 0.2) is 11.6 Å². The minimum absolute atomic E-state index is 0.167. The lowest BCUT2D eigenvalue weighted by Gasteiger charge is -2.37. The largest absolute Gasteiger partial charge is 0.340 e. The van der Waals surface area contributed by atoms with Gasteiger partial charge >= 0.3 is 11.8 Å². The Morgan fingerprint density at radius 3 is 1.88 bits per heavy atom. The molecule has 3 aliphatic rings. The molecule has 0 amide bonds. The first-order valence-electron chi connectivity index (χ1n) is 11.7. The lowest BCUT2D eigenvalue weighted by molar-refractivity contribution is -0.148. The molecule has 0 radical (unpaired) electrons. The average molecular weight is 457 g/mol. The molecule has 0 N–H and O–H groups in total. The zero-order chi connectivity index (χ0) is 23.3. The van der Waals surface area contributed by atoms with Gasteiger partial charge in [0.25, 0.3) is 0 Å². The highest BCUT2D eigenvalue weighted by molar-refractivity contribution is 5.76. The van der Waals surface area contributed by atoms with Gasteiger partial charge in [0.05, 0.1) is 0 Å². The van der Waals surface area contributed by atoms with Gasteiger partial charge in [-0.25, -0.2) is 8.78 Å². The fourth-order valence-corrected chi connectivity index (χ4v) is 5.84. The van der Waals surface area contributed by atoms with Crippen LogP contribution in [0.5, 0.6) is 0 Å². The zero-order valence-corrected chi connectivity index (χ0v) is 18.5. The first kappa shape index (κ1) is 23.4. The molecule has 6 heteroatoms. The van der Waals surface area contributed by atoms with Crippen molar-refractivity contribution in [3.05, 3.63) is 52.6 Å². The molecule has 32 heavy (non-hydrogen) atoms. The van der Waals surface area contributed by atoms with Gasteiger partial charge in [0.1, 0.15) is 0 Å². The summed E-state index contributed by atoms with van der Waals surface area (Å²) >= 11 is 0. The van der Waals surface area contributed by atoms with Crippen LogP contribution in [0.2, 0.25) is 0 Å². The molecule has 0 bridgehead atoms. The van der Waals surface area contributed by atoms with Crippen molar-refractivity contribution in [2.75, 3.05) is 0 Å². The van der Waals surface area contributed by atoms with E-state index in [9.17, 15) is 26.3 Å². The van der Waals surface area contributed by atoms with E-state index in [1.54, 1.807) is 0 Å². The van der Waals surface area contributed by atoms with E-state index in [4.69, 9.17) is 0 Å². The summed E-state index contributed by atoms with van der Waals surface area (Å²) in [5.41, 5.74) is -2.64. The predicted molar refractivity (Wildman–Crippen MR) is 114 cm³/mol. The molecular weight excluding hydrogens is 426 g/mol. The highest BCUT2D eigenvalue weighted by atomic mass is 19.3. The van der Waals surface area contributed by atoms with Gasteiger partial charge in [-0.05, 0) is 74.7 Å². The molecule has 3 aliphatic carbocycles. The van der Waals surface area contributed by atoms with E-state index in [1.165, 1.54) is 31.7 Å². The summed E-state index contributed by atoms with van der Waals surface area (Å²) in [6, 6.07) is 2.34. The van der Waals surface area contributed by atoms with Gasteiger partial charge < -0.3 is 0 Å². The van der Waals surface area contributed by atoms with Crippen LogP contribution in [0, 0.1) is 29.4 Å². The molecule has 2 saturated carbocycles. The number of hydrogen-bond acceptors (Lipinski definition) is 0. The van der Waals surface area contributed by atoms with Crippen molar-refractivity contribution in [1.29, 1.82) is 0 Å². The summed E-state index contributed by atoms with van der Waals surface area (Å²) in [6.07, 6.45) is 9.92.